The fraction of sp³-hybridized carbons (Fsp3) is 0.333. The van der Waals surface area contributed by atoms with Crippen LogP contribution in [0.4, 0.5) is 0 Å². The minimum atomic E-state index is -4.40. The SMILES string of the molecule is O=C1CC(=O)OP(=O)(O)O1. The van der Waals surface area contributed by atoms with Crippen molar-refractivity contribution in [3.05, 3.63) is 0 Å². The zero-order chi connectivity index (χ0) is 7.78. The standard InChI is InChI=1S/C3H3O6P/c4-2-1-3(5)9-10(6,7)8-2/h1H2,(H,6,7). The van der Waals surface area contributed by atoms with E-state index in [1.807, 2.05) is 0 Å². The molecule has 0 atom stereocenters. The molecule has 1 aliphatic heterocycles. The van der Waals surface area contributed by atoms with Gasteiger partial charge in [-0.05, 0) is 0 Å². The second-order valence-electron chi connectivity index (χ2n) is 1.57. The lowest BCUT2D eigenvalue weighted by Gasteiger charge is -2.14. The minimum absolute atomic E-state index is 0.607. The van der Waals surface area contributed by atoms with Crippen LogP contribution in [0.1, 0.15) is 6.42 Å². The molecule has 1 N–H and O–H groups in total. The average molecular weight is 166 g/mol. The topological polar surface area (TPSA) is 89.9 Å². The molecule has 0 aromatic heterocycles. The highest BCUT2D eigenvalue weighted by molar-refractivity contribution is 7.48. The average Bonchev–Trinajstić information content (AvgIpc) is 1.54. The van der Waals surface area contributed by atoms with Crippen molar-refractivity contribution in [3.63, 3.8) is 0 Å². The Labute approximate surface area is 55.4 Å². The van der Waals surface area contributed by atoms with Crippen LogP contribution in [0.3, 0.4) is 0 Å². The van der Waals surface area contributed by atoms with Crippen molar-refractivity contribution in [3.8, 4) is 0 Å². The molecule has 7 heteroatoms. The monoisotopic (exact) mass is 166 g/mol. The third-order valence-corrected chi connectivity index (χ3v) is 1.59. The Morgan fingerprint density at radius 3 is 2.00 bits per heavy atom. The first kappa shape index (κ1) is 7.24. The third-order valence-electron chi connectivity index (χ3n) is 0.723. The largest absolute Gasteiger partial charge is 0.589 e. The molecular formula is C3H3O6P. The predicted molar refractivity (Wildman–Crippen MR) is 26.6 cm³/mol. The maximum atomic E-state index is 10.3. The maximum Gasteiger partial charge on any atom is 0.589 e. The lowest BCUT2D eigenvalue weighted by molar-refractivity contribution is -0.151. The molecule has 1 fully saturated rings. The number of carbonyl (C=O) groups is 2. The Balaban J connectivity index is 2.79. The zero-order valence-electron chi connectivity index (χ0n) is 4.64. The van der Waals surface area contributed by atoms with Crippen LogP contribution in [-0.2, 0) is 23.2 Å². The summed E-state index contributed by atoms with van der Waals surface area (Å²) in [6.45, 7) is 0. The van der Waals surface area contributed by atoms with Gasteiger partial charge in [-0.2, -0.15) is 0 Å². The van der Waals surface area contributed by atoms with Crippen molar-refractivity contribution >= 4 is 19.8 Å². The van der Waals surface area contributed by atoms with E-state index in [1.54, 1.807) is 0 Å². The summed E-state index contributed by atoms with van der Waals surface area (Å²) in [4.78, 5) is 28.9. The fourth-order valence-electron chi connectivity index (χ4n) is 0.458. The van der Waals surface area contributed by atoms with Crippen LogP contribution in [-0.4, -0.2) is 16.8 Å². The molecule has 1 saturated heterocycles. The number of carbonyl (C=O) groups excluding carboxylic acids is 2. The normalized spacial score (nSPS) is 23.3. The van der Waals surface area contributed by atoms with Gasteiger partial charge in [0.05, 0.1) is 0 Å². The summed E-state index contributed by atoms with van der Waals surface area (Å²) in [6, 6.07) is 0. The number of phosphoric ester groups is 1. The van der Waals surface area contributed by atoms with Crippen LogP contribution in [0, 0.1) is 0 Å². The van der Waals surface area contributed by atoms with Crippen molar-refractivity contribution in [2.75, 3.05) is 0 Å². The molecule has 10 heavy (non-hydrogen) atoms. The minimum Gasteiger partial charge on any atom is -0.361 e. The summed E-state index contributed by atoms with van der Waals surface area (Å²) in [5, 5.41) is 0. The molecule has 0 spiro atoms. The van der Waals surface area contributed by atoms with Gasteiger partial charge >= 0.3 is 19.8 Å². The number of phosphoric acid groups is 1. The van der Waals surface area contributed by atoms with Crippen molar-refractivity contribution in [1.29, 1.82) is 0 Å². The summed E-state index contributed by atoms with van der Waals surface area (Å²) in [7, 11) is -4.40. The molecule has 0 unspecified atom stereocenters. The van der Waals surface area contributed by atoms with Crippen LogP contribution in [0.25, 0.3) is 0 Å². The van der Waals surface area contributed by atoms with Crippen LogP contribution >= 0.6 is 7.82 Å². The highest BCUT2D eigenvalue weighted by atomic mass is 31.2. The van der Waals surface area contributed by atoms with E-state index < -0.39 is 26.2 Å². The summed E-state index contributed by atoms with van der Waals surface area (Å²) < 4.78 is 17.9. The van der Waals surface area contributed by atoms with E-state index in [1.165, 1.54) is 0 Å². The molecule has 0 bridgehead atoms. The maximum absolute atomic E-state index is 10.3. The first-order valence-electron chi connectivity index (χ1n) is 2.27. The van der Waals surface area contributed by atoms with E-state index in [-0.39, 0.29) is 0 Å². The Hall–Kier alpha value is -0.870. The third kappa shape index (κ3) is 1.55. The smallest absolute Gasteiger partial charge is 0.361 e. The van der Waals surface area contributed by atoms with E-state index >= 15 is 0 Å². The van der Waals surface area contributed by atoms with Gasteiger partial charge < -0.3 is 9.05 Å². The summed E-state index contributed by atoms with van der Waals surface area (Å²) >= 11 is 0. The molecule has 6 nitrogen and oxygen atoms in total. The Morgan fingerprint density at radius 2 is 1.70 bits per heavy atom. The molecule has 1 heterocycles. The van der Waals surface area contributed by atoms with E-state index in [2.05, 4.69) is 9.05 Å². The molecule has 0 aliphatic carbocycles. The number of hydrogen-bond donors (Lipinski definition) is 1. The molecule has 0 saturated carbocycles. The zero-order valence-corrected chi connectivity index (χ0v) is 5.54. The summed E-state index contributed by atoms with van der Waals surface area (Å²) in [5.41, 5.74) is 0. The molecule has 0 radical (unpaired) electrons. The van der Waals surface area contributed by atoms with E-state index in [4.69, 9.17) is 4.89 Å². The van der Waals surface area contributed by atoms with Gasteiger partial charge in [-0.25, -0.2) is 4.57 Å². The van der Waals surface area contributed by atoms with E-state index in [0.717, 1.165) is 0 Å². The lowest BCUT2D eigenvalue weighted by atomic mass is 10.5. The summed E-state index contributed by atoms with van der Waals surface area (Å²) in [5.74, 6) is -2.08. The Morgan fingerprint density at radius 1 is 1.30 bits per heavy atom. The van der Waals surface area contributed by atoms with Crippen molar-refractivity contribution in [1.82, 2.24) is 0 Å². The van der Waals surface area contributed by atoms with Gasteiger partial charge in [-0.1, -0.05) is 0 Å². The van der Waals surface area contributed by atoms with Gasteiger partial charge in [0.2, 0.25) is 0 Å². The van der Waals surface area contributed by atoms with Crippen LogP contribution < -0.4 is 0 Å². The highest BCUT2D eigenvalue weighted by Gasteiger charge is 2.37. The first-order valence-corrected chi connectivity index (χ1v) is 3.77. The van der Waals surface area contributed by atoms with E-state index in [9.17, 15) is 14.2 Å². The lowest BCUT2D eigenvalue weighted by Crippen LogP contribution is -2.19. The molecule has 0 aromatic rings. The van der Waals surface area contributed by atoms with Crippen molar-refractivity contribution < 1.29 is 28.1 Å². The summed E-state index contributed by atoms with van der Waals surface area (Å²) in [6.07, 6.45) is -0.607. The Kier molecular flexibility index (Phi) is 1.50. The Bertz CT molecular complexity index is 211. The van der Waals surface area contributed by atoms with Gasteiger partial charge in [-0.3, -0.25) is 14.5 Å². The van der Waals surface area contributed by atoms with Gasteiger partial charge in [0.25, 0.3) is 0 Å². The number of hydrogen-bond acceptors (Lipinski definition) is 5. The molecule has 1 aliphatic rings. The van der Waals surface area contributed by atoms with Crippen molar-refractivity contribution in [2.24, 2.45) is 0 Å². The predicted octanol–water partition coefficient (Wildman–Crippen LogP) is -0.423. The molecular weight excluding hydrogens is 163 g/mol. The molecule has 1 rings (SSSR count). The van der Waals surface area contributed by atoms with Crippen LogP contribution in [0.2, 0.25) is 0 Å². The first-order chi connectivity index (χ1) is 4.49. The molecule has 0 amide bonds. The quantitative estimate of drug-likeness (QED) is 0.388. The number of rotatable bonds is 0. The molecule has 0 aromatic carbocycles. The fourth-order valence-corrected chi connectivity index (χ4v) is 1.14. The van der Waals surface area contributed by atoms with Gasteiger partial charge in [0, 0.05) is 0 Å². The second-order valence-corrected chi connectivity index (χ2v) is 2.87. The molecule has 56 valence electrons. The van der Waals surface area contributed by atoms with Crippen molar-refractivity contribution in [2.45, 2.75) is 6.42 Å². The highest BCUT2D eigenvalue weighted by Crippen LogP contribution is 2.46. The van der Waals surface area contributed by atoms with E-state index in [0.29, 0.717) is 0 Å². The van der Waals surface area contributed by atoms with Crippen LogP contribution in [0.15, 0.2) is 0 Å². The second kappa shape index (κ2) is 2.07. The van der Waals surface area contributed by atoms with Crippen LogP contribution in [0.5, 0.6) is 0 Å². The van der Waals surface area contributed by atoms with Gasteiger partial charge in [0.15, 0.2) is 0 Å². The van der Waals surface area contributed by atoms with Gasteiger partial charge in [0.1, 0.15) is 6.42 Å². The van der Waals surface area contributed by atoms with Gasteiger partial charge in [-0.15, -0.1) is 0 Å².